The Kier molecular flexibility index (Phi) is 5.51. The summed E-state index contributed by atoms with van der Waals surface area (Å²) in [6, 6.07) is 0.957. The van der Waals surface area contributed by atoms with E-state index in [0.29, 0.717) is 6.42 Å². The fraction of sp³-hybridized carbons (Fsp3) is 0.455. The van der Waals surface area contributed by atoms with Gasteiger partial charge in [0.25, 0.3) is 5.91 Å². The largest absolute Gasteiger partial charge is 0.396 e. The molecule has 1 unspecified atom stereocenters. The smallest absolute Gasteiger partial charge is 0.254 e. The van der Waals surface area contributed by atoms with Crippen LogP contribution in [0.1, 0.15) is 16.8 Å². The van der Waals surface area contributed by atoms with Crippen molar-refractivity contribution in [2.75, 3.05) is 20.3 Å². The molecule has 6 heteroatoms. The van der Waals surface area contributed by atoms with Crippen LogP contribution in [-0.4, -0.2) is 42.4 Å². The SMILES string of the molecule is COCC(CCO)NC(=O)c1ccncc1F. The number of aliphatic hydroxyl groups is 1. The van der Waals surface area contributed by atoms with E-state index in [4.69, 9.17) is 9.84 Å². The van der Waals surface area contributed by atoms with Gasteiger partial charge in [0.2, 0.25) is 0 Å². The lowest BCUT2D eigenvalue weighted by molar-refractivity contribution is 0.0874. The van der Waals surface area contributed by atoms with Crippen LogP contribution < -0.4 is 5.32 Å². The number of rotatable bonds is 6. The first-order chi connectivity index (χ1) is 8.19. The van der Waals surface area contributed by atoms with Gasteiger partial charge in [-0.15, -0.1) is 0 Å². The minimum Gasteiger partial charge on any atom is -0.396 e. The zero-order valence-electron chi connectivity index (χ0n) is 9.52. The second kappa shape index (κ2) is 6.93. The zero-order valence-corrected chi connectivity index (χ0v) is 9.52. The van der Waals surface area contributed by atoms with Gasteiger partial charge >= 0.3 is 0 Å². The standard InChI is InChI=1S/C11H15FN2O3/c1-17-7-8(3-5-15)14-11(16)9-2-4-13-6-10(9)12/h2,4,6,8,15H,3,5,7H2,1H3,(H,14,16). The number of hydrogen-bond donors (Lipinski definition) is 2. The quantitative estimate of drug-likeness (QED) is 0.755. The molecule has 1 atom stereocenters. The summed E-state index contributed by atoms with van der Waals surface area (Å²) in [5.74, 6) is -1.22. The molecule has 94 valence electrons. The molecule has 0 aliphatic rings. The number of aromatic nitrogens is 1. The summed E-state index contributed by atoms with van der Waals surface area (Å²) in [5, 5.41) is 11.4. The molecule has 17 heavy (non-hydrogen) atoms. The van der Waals surface area contributed by atoms with Crippen molar-refractivity contribution >= 4 is 5.91 Å². The molecule has 1 amide bonds. The van der Waals surface area contributed by atoms with Gasteiger partial charge in [0.05, 0.1) is 24.4 Å². The first kappa shape index (κ1) is 13.5. The number of halogens is 1. The molecular formula is C11H15FN2O3. The van der Waals surface area contributed by atoms with Crippen LogP contribution in [0.4, 0.5) is 4.39 Å². The lowest BCUT2D eigenvalue weighted by Gasteiger charge is -2.16. The fourth-order valence-corrected chi connectivity index (χ4v) is 1.38. The van der Waals surface area contributed by atoms with Gasteiger partial charge in [0.1, 0.15) is 0 Å². The fourth-order valence-electron chi connectivity index (χ4n) is 1.38. The maximum atomic E-state index is 13.3. The van der Waals surface area contributed by atoms with Crippen molar-refractivity contribution in [3.63, 3.8) is 0 Å². The summed E-state index contributed by atoms with van der Waals surface area (Å²) >= 11 is 0. The first-order valence-corrected chi connectivity index (χ1v) is 5.19. The molecule has 1 rings (SSSR count). The van der Waals surface area contributed by atoms with E-state index in [2.05, 4.69) is 10.3 Å². The highest BCUT2D eigenvalue weighted by Gasteiger charge is 2.16. The van der Waals surface area contributed by atoms with E-state index in [1.807, 2.05) is 0 Å². The minimum absolute atomic E-state index is 0.0703. The number of carbonyl (C=O) groups excluding carboxylic acids is 1. The van der Waals surface area contributed by atoms with Gasteiger partial charge in [-0.25, -0.2) is 4.39 Å². The van der Waals surface area contributed by atoms with Crippen molar-refractivity contribution < 1.29 is 19.0 Å². The number of aliphatic hydroxyl groups excluding tert-OH is 1. The summed E-state index contributed by atoms with van der Waals surface area (Å²) < 4.78 is 18.1. The highest BCUT2D eigenvalue weighted by molar-refractivity contribution is 5.94. The molecule has 0 aliphatic heterocycles. The Bertz CT molecular complexity index is 367. The second-order valence-corrected chi connectivity index (χ2v) is 3.49. The summed E-state index contributed by atoms with van der Waals surface area (Å²) in [6.45, 7) is 0.187. The van der Waals surface area contributed by atoms with Crippen LogP contribution in [0, 0.1) is 5.82 Å². The number of hydrogen-bond acceptors (Lipinski definition) is 4. The van der Waals surface area contributed by atoms with Crippen LogP contribution in [0.15, 0.2) is 18.5 Å². The molecule has 0 spiro atoms. The van der Waals surface area contributed by atoms with E-state index < -0.39 is 11.7 Å². The van der Waals surface area contributed by atoms with Crippen molar-refractivity contribution in [1.82, 2.24) is 10.3 Å². The Hall–Kier alpha value is -1.53. The van der Waals surface area contributed by atoms with Crippen molar-refractivity contribution in [1.29, 1.82) is 0 Å². The zero-order chi connectivity index (χ0) is 12.7. The molecule has 0 radical (unpaired) electrons. The maximum absolute atomic E-state index is 13.3. The Balaban J connectivity index is 2.67. The Morgan fingerprint density at radius 2 is 2.47 bits per heavy atom. The van der Waals surface area contributed by atoms with Gasteiger partial charge in [-0.2, -0.15) is 0 Å². The highest BCUT2D eigenvalue weighted by Crippen LogP contribution is 2.05. The van der Waals surface area contributed by atoms with E-state index in [1.54, 1.807) is 0 Å². The molecule has 0 aliphatic carbocycles. The third-order valence-corrected chi connectivity index (χ3v) is 2.20. The third-order valence-electron chi connectivity index (χ3n) is 2.20. The number of carbonyl (C=O) groups is 1. The summed E-state index contributed by atoms with van der Waals surface area (Å²) in [5.41, 5.74) is -0.0703. The summed E-state index contributed by atoms with van der Waals surface area (Å²) in [6.07, 6.45) is 2.67. The number of methoxy groups -OCH3 is 1. The van der Waals surface area contributed by atoms with Crippen LogP contribution in [0.3, 0.4) is 0 Å². The average Bonchev–Trinajstić information content (AvgIpc) is 2.30. The lowest BCUT2D eigenvalue weighted by Crippen LogP contribution is -2.39. The number of nitrogens with zero attached hydrogens (tertiary/aromatic N) is 1. The van der Waals surface area contributed by atoms with E-state index in [0.717, 1.165) is 6.20 Å². The molecule has 0 saturated heterocycles. The molecule has 1 aromatic rings. The van der Waals surface area contributed by atoms with Crippen molar-refractivity contribution in [3.8, 4) is 0 Å². The molecule has 1 heterocycles. The maximum Gasteiger partial charge on any atom is 0.254 e. The second-order valence-electron chi connectivity index (χ2n) is 3.49. The Labute approximate surface area is 98.6 Å². The van der Waals surface area contributed by atoms with Gasteiger partial charge in [-0.1, -0.05) is 0 Å². The van der Waals surface area contributed by atoms with Crippen molar-refractivity contribution in [3.05, 3.63) is 29.8 Å². The third kappa shape index (κ3) is 4.08. The Morgan fingerprint density at radius 1 is 1.71 bits per heavy atom. The molecular weight excluding hydrogens is 227 g/mol. The minimum atomic E-state index is -0.676. The van der Waals surface area contributed by atoms with E-state index in [9.17, 15) is 9.18 Å². The van der Waals surface area contributed by atoms with E-state index in [1.165, 1.54) is 19.4 Å². The predicted molar refractivity (Wildman–Crippen MR) is 59.0 cm³/mol. The molecule has 5 nitrogen and oxygen atoms in total. The average molecular weight is 242 g/mol. The first-order valence-electron chi connectivity index (χ1n) is 5.19. The lowest BCUT2D eigenvalue weighted by atomic mass is 10.2. The van der Waals surface area contributed by atoms with Gasteiger partial charge in [-0.05, 0) is 12.5 Å². The van der Waals surface area contributed by atoms with Gasteiger partial charge in [0.15, 0.2) is 5.82 Å². The number of ether oxygens (including phenoxy) is 1. The van der Waals surface area contributed by atoms with Gasteiger partial charge < -0.3 is 15.2 Å². The Morgan fingerprint density at radius 3 is 3.06 bits per heavy atom. The molecule has 2 N–H and O–H groups in total. The number of pyridine rings is 1. The van der Waals surface area contributed by atoms with Gasteiger partial charge in [0, 0.05) is 19.9 Å². The molecule has 0 bridgehead atoms. The summed E-state index contributed by atoms with van der Waals surface area (Å²) in [7, 11) is 1.49. The molecule has 0 saturated carbocycles. The molecule has 1 aromatic heterocycles. The highest BCUT2D eigenvalue weighted by atomic mass is 19.1. The van der Waals surface area contributed by atoms with Crippen molar-refractivity contribution in [2.45, 2.75) is 12.5 Å². The topological polar surface area (TPSA) is 71.5 Å². The normalized spacial score (nSPS) is 12.2. The van der Waals surface area contributed by atoms with Crippen LogP contribution in [0.5, 0.6) is 0 Å². The van der Waals surface area contributed by atoms with E-state index >= 15 is 0 Å². The van der Waals surface area contributed by atoms with Crippen LogP contribution >= 0.6 is 0 Å². The summed E-state index contributed by atoms with van der Waals surface area (Å²) in [4.78, 5) is 15.3. The van der Waals surface area contributed by atoms with E-state index in [-0.39, 0.29) is 24.8 Å². The number of nitrogens with one attached hydrogen (secondary N) is 1. The molecule has 0 aromatic carbocycles. The van der Waals surface area contributed by atoms with Crippen LogP contribution in [-0.2, 0) is 4.74 Å². The van der Waals surface area contributed by atoms with Gasteiger partial charge in [-0.3, -0.25) is 9.78 Å². The molecule has 0 fully saturated rings. The predicted octanol–water partition coefficient (Wildman–Crippen LogP) is 0.348. The van der Waals surface area contributed by atoms with Crippen LogP contribution in [0.2, 0.25) is 0 Å². The van der Waals surface area contributed by atoms with Crippen LogP contribution in [0.25, 0.3) is 0 Å². The van der Waals surface area contributed by atoms with Crippen molar-refractivity contribution in [2.24, 2.45) is 0 Å². The number of amides is 1. The monoisotopic (exact) mass is 242 g/mol.